The molecule has 1 atom stereocenters. The first-order valence-electron chi connectivity index (χ1n) is 11.0. The van der Waals surface area contributed by atoms with Gasteiger partial charge in [-0.25, -0.2) is 8.42 Å². The minimum absolute atomic E-state index is 0.0427. The summed E-state index contributed by atoms with van der Waals surface area (Å²) in [6, 6.07) is 21.2. The van der Waals surface area contributed by atoms with Crippen LogP contribution in [0.2, 0.25) is 5.02 Å². The van der Waals surface area contributed by atoms with Crippen LogP contribution < -0.4 is 9.62 Å². The summed E-state index contributed by atoms with van der Waals surface area (Å²) in [7, 11) is -2.63. The first kappa shape index (κ1) is 26.2. The quantitative estimate of drug-likeness (QED) is 0.468. The molecule has 7 nitrogen and oxygen atoms in total. The Bertz CT molecular complexity index is 1280. The lowest BCUT2D eigenvalue weighted by Crippen LogP contribution is -2.50. The molecule has 35 heavy (non-hydrogen) atoms. The van der Waals surface area contributed by atoms with E-state index in [4.69, 9.17) is 11.6 Å². The molecule has 0 fully saturated rings. The summed E-state index contributed by atoms with van der Waals surface area (Å²) in [6.07, 6.45) is 0. The predicted molar refractivity (Wildman–Crippen MR) is 138 cm³/mol. The molecule has 9 heteroatoms. The van der Waals surface area contributed by atoms with Crippen LogP contribution >= 0.6 is 11.6 Å². The monoisotopic (exact) mass is 513 g/mol. The summed E-state index contributed by atoms with van der Waals surface area (Å²) >= 11 is 6.30. The Morgan fingerprint density at radius 1 is 0.943 bits per heavy atom. The number of halogens is 1. The molecular formula is C26H28ClN3O4S. The van der Waals surface area contributed by atoms with Crippen molar-refractivity contribution >= 4 is 39.1 Å². The van der Waals surface area contributed by atoms with Crippen molar-refractivity contribution in [3.8, 4) is 0 Å². The molecule has 3 aromatic carbocycles. The zero-order valence-corrected chi connectivity index (χ0v) is 21.4. The lowest BCUT2D eigenvalue weighted by molar-refractivity contribution is -0.139. The maximum atomic E-state index is 13.7. The van der Waals surface area contributed by atoms with Crippen molar-refractivity contribution in [1.29, 1.82) is 0 Å². The highest BCUT2D eigenvalue weighted by atomic mass is 35.5. The predicted octanol–water partition coefficient (Wildman–Crippen LogP) is 4.01. The largest absolute Gasteiger partial charge is 0.357 e. The number of hydrogen-bond donors (Lipinski definition) is 1. The van der Waals surface area contributed by atoms with Crippen molar-refractivity contribution < 1.29 is 18.0 Å². The molecule has 0 heterocycles. The highest BCUT2D eigenvalue weighted by Gasteiger charge is 2.33. The third-order valence-electron chi connectivity index (χ3n) is 5.73. The van der Waals surface area contributed by atoms with Crippen molar-refractivity contribution in [3.05, 3.63) is 95.0 Å². The van der Waals surface area contributed by atoms with E-state index in [0.29, 0.717) is 16.3 Å². The molecule has 1 N–H and O–H groups in total. The van der Waals surface area contributed by atoms with E-state index < -0.39 is 28.5 Å². The minimum atomic E-state index is -4.12. The van der Waals surface area contributed by atoms with Crippen LogP contribution in [0.5, 0.6) is 0 Å². The number of rotatable bonds is 9. The average Bonchev–Trinajstić information content (AvgIpc) is 2.87. The molecule has 0 aliphatic rings. The van der Waals surface area contributed by atoms with E-state index in [0.717, 1.165) is 9.87 Å². The van der Waals surface area contributed by atoms with Gasteiger partial charge in [-0.05, 0) is 49.2 Å². The average molecular weight is 514 g/mol. The van der Waals surface area contributed by atoms with Crippen molar-refractivity contribution in [2.45, 2.75) is 31.3 Å². The summed E-state index contributed by atoms with van der Waals surface area (Å²) in [5.74, 6) is -0.880. The Morgan fingerprint density at radius 2 is 1.54 bits per heavy atom. The van der Waals surface area contributed by atoms with Gasteiger partial charge >= 0.3 is 0 Å². The van der Waals surface area contributed by atoms with Crippen molar-refractivity contribution in [1.82, 2.24) is 10.2 Å². The van der Waals surface area contributed by atoms with Gasteiger partial charge in [-0.1, -0.05) is 66.2 Å². The molecule has 0 aliphatic carbocycles. The zero-order valence-electron chi connectivity index (χ0n) is 19.8. The van der Waals surface area contributed by atoms with Crippen LogP contribution in [0.15, 0.2) is 83.8 Å². The van der Waals surface area contributed by atoms with Gasteiger partial charge < -0.3 is 10.2 Å². The van der Waals surface area contributed by atoms with Gasteiger partial charge in [0.1, 0.15) is 12.6 Å². The molecule has 3 aromatic rings. The van der Waals surface area contributed by atoms with Crippen LogP contribution in [0.1, 0.15) is 18.1 Å². The van der Waals surface area contributed by atoms with Crippen LogP contribution in [0, 0.1) is 6.92 Å². The first-order chi connectivity index (χ1) is 16.7. The van der Waals surface area contributed by atoms with E-state index in [1.54, 1.807) is 50.2 Å². The van der Waals surface area contributed by atoms with E-state index in [2.05, 4.69) is 5.32 Å². The summed E-state index contributed by atoms with van der Waals surface area (Å²) in [5.41, 5.74) is 1.63. The van der Waals surface area contributed by atoms with E-state index >= 15 is 0 Å². The van der Waals surface area contributed by atoms with Crippen LogP contribution in [0.25, 0.3) is 0 Å². The lowest BCUT2D eigenvalue weighted by Gasteiger charge is -2.32. The Morgan fingerprint density at radius 3 is 2.14 bits per heavy atom. The number of carbonyl (C=O) groups excluding carboxylic acids is 2. The number of hydrogen-bond acceptors (Lipinski definition) is 4. The second kappa shape index (κ2) is 11.4. The Hall–Kier alpha value is -3.36. The smallest absolute Gasteiger partial charge is 0.264 e. The van der Waals surface area contributed by atoms with Gasteiger partial charge in [0.2, 0.25) is 11.8 Å². The highest BCUT2D eigenvalue weighted by Crippen LogP contribution is 2.31. The van der Waals surface area contributed by atoms with Crippen LogP contribution in [0.3, 0.4) is 0 Å². The molecule has 0 spiro atoms. The molecule has 0 aliphatic heterocycles. The highest BCUT2D eigenvalue weighted by molar-refractivity contribution is 7.92. The molecular weight excluding hydrogens is 486 g/mol. The second-order valence-electron chi connectivity index (χ2n) is 8.01. The van der Waals surface area contributed by atoms with E-state index in [-0.39, 0.29) is 17.3 Å². The number of anilines is 1. The molecule has 184 valence electrons. The topological polar surface area (TPSA) is 86.8 Å². The Kier molecular flexibility index (Phi) is 8.53. The van der Waals surface area contributed by atoms with Crippen LogP contribution in [-0.2, 0) is 26.2 Å². The van der Waals surface area contributed by atoms with E-state index in [1.807, 2.05) is 30.3 Å². The third kappa shape index (κ3) is 6.01. The number of sulfonamides is 1. The fourth-order valence-corrected chi connectivity index (χ4v) is 5.33. The van der Waals surface area contributed by atoms with Gasteiger partial charge in [0.15, 0.2) is 0 Å². The van der Waals surface area contributed by atoms with Crippen molar-refractivity contribution in [2.24, 2.45) is 0 Å². The number of nitrogens with one attached hydrogen (secondary N) is 1. The summed E-state index contributed by atoms with van der Waals surface area (Å²) < 4.78 is 28.5. The fraction of sp³-hybridized carbons (Fsp3) is 0.231. The van der Waals surface area contributed by atoms with Crippen molar-refractivity contribution in [3.63, 3.8) is 0 Å². The minimum Gasteiger partial charge on any atom is -0.357 e. The summed E-state index contributed by atoms with van der Waals surface area (Å²) in [6.45, 7) is 2.94. The normalized spacial score (nSPS) is 12.0. The second-order valence-corrected chi connectivity index (χ2v) is 10.3. The molecule has 2 amide bonds. The van der Waals surface area contributed by atoms with Gasteiger partial charge in [0, 0.05) is 18.6 Å². The molecule has 0 aromatic heterocycles. The van der Waals surface area contributed by atoms with E-state index in [1.165, 1.54) is 24.1 Å². The number of likely N-dealkylation sites (N-methyl/N-ethyl adjacent to an activating group) is 1. The van der Waals surface area contributed by atoms with Gasteiger partial charge in [0.05, 0.1) is 10.6 Å². The molecule has 3 rings (SSSR count). The van der Waals surface area contributed by atoms with Gasteiger partial charge in [-0.3, -0.25) is 13.9 Å². The molecule has 0 unspecified atom stereocenters. The van der Waals surface area contributed by atoms with Crippen molar-refractivity contribution in [2.75, 3.05) is 17.9 Å². The number of amides is 2. The standard InChI is InChI=1S/C26H28ClN3O4S/c1-19-23(27)15-10-16-24(19)30(35(33,34)22-13-8-5-9-14-22)18-25(31)29(20(2)26(32)28-3)17-21-11-6-4-7-12-21/h4-16,20H,17-18H2,1-3H3,(H,28,32)/t20-/m1/s1. The van der Waals surface area contributed by atoms with Gasteiger partial charge in [0.25, 0.3) is 10.0 Å². The Balaban J connectivity index is 2.06. The van der Waals surface area contributed by atoms with Crippen LogP contribution in [-0.4, -0.2) is 44.8 Å². The lowest BCUT2D eigenvalue weighted by atomic mass is 10.1. The number of carbonyl (C=O) groups is 2. The molecule has 0 radical (unpaired) electrons. The fourth-order valence-electron chi connectivity index (χ4n) is 3.67. The molecule has 0 saturated heterocycles. The maximum absolute atomic E-state index is 13.7. The summed E-state index contributed by atoms with van der Waals surface area (Å²) in [5, 5.41) is 2.94. The molecule has 0 bridgehead atoms. The zero-order chi connectivity index (χ0) is 25.6. The van der Waals surface area contributed by atoms with Gasteiger partial charge in [-0.2, -0.15) is 0 Å². The van der Waals surface area contributed by atoms with Gasteiger partial charge in [-0.15, -0.1) is 0 Å². The summed E-state index contributed by atoms with van der Waals surface area (Å²) in [4.78, 5) is 27.6. The molecule has 0 saturated carbocycles. The maximum Gasteiger partial charge on any atom is 0.264 e. The SMILES string of the molecule is CNC(=O)[C@@H](C)N(Cc1ccccc1)C(=O)CN(c1cccc(Cl)c1C)S(=O)(=O)c1ccccc1. The van der Waals surface area contributed by atoms with Crippen LogP contribution in [0.4, 0.5) is 5.69 Å². The third-order valence-corrected chi connectivity index (χ3v) is 7.91. The Labute approximate surface area is 211 Å². The number of nitrogens with zero attached hydrogens (tertiary/aromatic N) is 2. The van der Waals surface area contributed by atoms with E-state index in [9.17, 15) is 18.0 Å². The number of benzene rings is 3. The first-order valence-corrected chi connectivity index (χ1v) is 12.9.